The van der Waals surface area contributed by atoms with E-state index < -0.39 is 0 Å². The van der Waals surface area contributed by atoms with Crippen LogP contribution < -0.4 is 0 Å². The van der Waals surface area contributed by atoms with Gasteiger partial charge in [0, 0.05) is 25.7 Å². The van der Waals surface area contributed by atoms with E-state index in [1.807, 2.05) is 18.2 Å². The largest absolute Gasteiger partial charge is 0.438 e. The Balaban J connectivity index is 1.52. The van der Waals surface area contributed by atoms with Gasteiger partial charge in [-0.3, -0.25) is 9.88 Å². The van der Waals surface area contributed by atoms with Gasteiger partial charge in [-0.25, -0.2) is 4.98 Å². The van der Waals surface area contributed by atoms with Crippen LogP contribution in [0.2, 0.25) is 0 Å². The van der Waals surface area contributed by atoms with Crippen LogP contribution in [0.3, 0.4) is 0 Å². The molecule has 4 rings (SSSR count). The third-order valence-electron chi connectivity index (χ3n) is 4.18. The van der Waals surface area contributed by atoms with Gasteiger partial charge < -0.3 is 4.42 Å². The maximum Gasteiger partial charge on any atom is 0.245 e. The highest BCUT2D eigenvalue weighted by Gasteiger charge is 2.23. The van der Waals surface area contributed by atoms with Gasteiger partial charge in [0.25, 0.3) is 0 Å². The first-order valence-electron chi connectivity index (χ1n) is 7.96. The molecule has 3 heterocycles. The van der Waals surface area contributed by atoms with Crippen molar-refractivity contribution in [2.24, 2.45) is 0 Å². The third kappa shape index (κ3) is 3.03. The summed E-state index contributed by atoms with van der Waals surface area (Å²) in [5.74, 6) is 1.61. The van der Waals surface area contributed by atoms with Crippen LogP contribution in [0, 0.1) is 6.92 Å². The van der Waals surface area contributed by atoms with Crippen molar-refractivity contribution in [1.29, 1.82) is 0 Å². The summed E-state index contributed by atoms with van der Waals surface area (Å²) < 4.78 is 5.97. The molecule has 0 aliphatic carbocycles. The maximum absolute atomic E-state index is 5.97. The Hall–Kier alpha value is -2.46. The van der Waals surface area contributed by atoms with E-state index in [1.54, 1.807) is 6.20 Å². The van der Waals surface area contributed by atoms with Gasteiger partial charge in [-0.15, -0.1) is 0 Å². The molecule has 0 saturated heterocycles. The average Bonchev–Trinajstić information content (AvgIpc) is 2.99. The number of rotatable bonds is 3. The number of hydrogen-bond acceptors (Lipinski definition) is 4. The van der Waals surface area contributed by atoms with Crippen molar-refractivity contribution in [2.45, 2.75) is 26.4 Å². The standard InChI is InChI=1S/C19H19N3O/c1-14-5-4-6-15(11-14)12-22-10-8-16-18(13-22)23-19(21-16)17-7-2-3-9-20-17/h2-7,9,11H,8,10,12-13H2,1H3. The Labute approximate surface area is 135 Å². The normalized spacial score (nSPS) is 14.7. The van der Waals surface area contributed by atoms with E-state index in [1.165, 1.54) is 11.1 Å². The first-order chi connectivity index (χ1) is 11.3. The van der Waals surface area contributed by atoms with Gasteiger partial charge in [0.15, 0.2) is 0 Å². The minimum Gasteiger partial charge on any atom is -0.438 e. The van der Waals surface area contributed by atoms with E-state index in [0.29, 0.717) is 5.89 Å². The van der Waals surface area contributed by atoms with Crippen molar-refractivity contribution in [3.63, 3.8) is 0 Å². The molecule has 0 bridgehead atoms. The molecule has 1 aliphatic heterocycles. The van der Waals surface area contributed by atoms with Gasteiger partial charge in [0.2, 0.25) is 5.89 Å². The van der Waals surface area contributed by atoms with Gasteiger partial charge in [-0.05, 0) is 24.6 Å². The molecule has 4 heteroatoms. The molecule has 23 heavy (non-hydrogen) atoms. The van der Waals surface area contributed by atoms with Crippen LogP contribution >= 0.6 is 0 Å². The molecular formula is C19H19N3O. The van der Waals surface area contributed by atoms with E-state index in [9.17, 15) is 0 Å². The molecular weight excluding hydrogens is 286 g/mol. The van der Waals surface area contributed by atoms with Gasteiger partial charge in [-0.1, -0.05) is 35.9 Å². The molecule has 2 aromatic heterocycles. The molecule has 0 saturated carbocycles. The van der Waals surface area contributed by atoms with Crippen LogP contribution in [-0.2, 0) is 19.5 Å². The summed E-state index contributed by atoms with van der Waals surface area (Å²) in [6.07, 6.45) is 2.69. The second-order valence-electron chi connectivity index (χ2n) is 6.05. The van der Waals surface area contributed by atoms with Gasteiger partial charge >= 0.3 is 0 Å². The number of aryl methyl sites for hydroxylation is 1. The first kappa shape index (κ1) is 14.2. The van der Waals surface area contributed by atoms with Crippen LogP contribution in [-0.4, -0.2) is 21.4 Å². The molecule has 0 atom stereocenters. The molecule has 0 spiro atoms. The fourth-order valence-electron chi connectivity index (χ4n) is 3.05. The van der Waals surface area contributed by atoms with E-state index in [4.69, 9.17) is 4.42 Å². The second kappa shape index (κ2) is 5.97. The highest BCUT2D eigenvalue weighted by atomic mass is 16.4. The monoisotopic (exact) mass is 305 g/mol. The lowest BCUT2D eigenvalue weighted by atomic mass is 10.1. The number of benzene rings is 1. The minimum absolute atomic E-state index is 0.632. The number of oxazole rings is 1. The second-order valence-corrected chi connectivity index (χ2v) is 6.05. The van der Waals surface area contributed by atoms with Gasteiger partial charge in [0.1, 0.15) is 11.5 Å². The maximum atomic E-state index is 5.97. The summed E-state index contributed by atoms with van der Waals surface area (Å²) in [5.41, 5.74) is 4.52. The van der Waals surface area contributed by atoms with E-state index in [0.717, 1.165) is 43.2 Å². The zero-order valence-electron chi connectivity index (χ0n) is 13.2. The van der Waals surface area contributed by atoms with E-state index in [-0.39, 0.29) is 0 Å². The SMILES string of the molecule is Cc1cccc(CN2CCc3nc(-c4ccccn4)oc3C2)c1. The van der Waals surface area contributed by atoms with Crippen LogP contribution in [0.1, 0.15) is 22.6 Å². The zero-order chi connectivity index (χ0) is 15.6. The molecule has 4 nitrogen and oxygen atoms in total. The average molecular weight is 305 g/mol. The van der Waals surface area contributed by atoms with Crippen molar-refractivity contribution < 1.29 is 4.42 Å². The quantitative estimate of drug-likeness (QED) is 0.741. The molecule has 0 N–H and O–H groups in total. The fourth-order valence-corrected chi connectivity index (χ4v) is 3.05. The molecule has 3 aromatic rings. The molecule has 0 radical (unpaired) electrons. The fraction of sp³-hybridized carbons (Fsp3) is 0.263. The summed E-state index contributed by atoms with van der Waals surface area (Å²) in [5, 5.41) is 0. The van der Waals surface area contributed by atoms with Crippen LogP contribution in [0.5, 0.6) is 0 Å². The van der Waals surface area contributed by atoms with E-state index >= 15 is 0 Å². The highest BCUT2D eigenvalue weighted by Crippen LogP contribution is 2.25. The molecule has 1 aromatic carbocycles. The number of pyridine rings is 1. The lowest BCUT2D eigenvalue weighted by Gasteiger charge is -2.25. The zero-order valence-corrected chi connectivity index (χ0v) is 13.2. The molecule has 0 amide bonds. The van der Waals surface area contributed by atoms with Gasteiger partial charge in [0.05, 0.1) is 12.2 Å². The first-order valence-corrected chi connectivity index (χ1v) is 7.96. The van der Waals surface area contributed by atoms with Crippen LogP contribution in [0.25, 0.3) is 11.6 Å². The van der Waals surface area contributed by atoms with Crippen LogP contribution in [0.4, 0.5) is 0 Å². The van der Waals surface area contributed by atoms with E-state index in [2.05, 4.69) is 46.1 Å². The molecule has 116 valence electrons. The summed E-state index contributed by atoms with van der Waals surface area (Å²) in [7, 11) is 0. The summed E-state index contributed by atoms with van der Waals surface area (Å²) in [6, 6.07) is 14.5. The van der Waals surface area contributed by atoms with Gasteiger partial charge in [-0.2, -0.15) is 0 Å². The Kier molecular flexibility index (Phi) is 3.67. The van der Waals surface area contributed by atoms with Crippen molar-refractivity contribution in [1.82, 2.24) is 14.9 Å². The lowest BCUT2D eigenvalue weighted by molar-refractivity contribution is 0.221. The summed E-state index contributed by atoms with van der Waals surface area (Å²) in [6.45, 7) is 4.90. The Bertz CT molecular complexity index is 810. The number of hydrogen-bond donors (Lipinski definition) is 0. The van der Waals surface area contributed by atoms with Crippen molar-refractivity contribution in [3.8, 4) is 11.6 Å². The highest BCUT2D eigenvalue weighted by molar-refractivity contribution is 5.47. The molecule has 0 fully saturated rings. The predicted octanol–water partition coefficient (Wildman–Crippen LogP) is 3.60. The number of aromatic nitrogens is 2. The van der Waals surface area contributed by atoms with Crippen molar-refractivity contribution in [3.05, 3.63) is 71.2 Å². The summed E-state index contributed by atoms with van der Waals surface area (Å²) in [4.78, 5) is 11.3. The lowest BCUT2D eigenvalue weighted by Crippen LogP contribution is -2.29. The molecule has 0 unspecified atom stereocenters. The number of fused-ring (bicyclic) bond motifs is 1. The topological polar surface area (TPSA) is 42.2 Å². The molecule has 1 aliphatic rings. The minimum atomic E-state index is 0.632. The smallest absolute Gasteiger partial charge is 0.245 e. The predicted molar refractivity (Wildman–Crippen MR) is 88.7 cm³/mol. The summed E-state index contributed by atoms with van der Waals surface area (Å²) >= 11 is 0. The Morgan fingerprint density at radius 2 is 2.13 bits per heavy atom. The van der Waals surface area contributed by atoms with Crippen molar-refractivity contribution in [2.75, 3.05) is 6.54 Å². The number of nitrogens with zero attached hydrogens (tertiary/aromatic N) is 3. The van der Waals surface area contributed by atoms with Crippen LogP contribution in [0.15, 0.2) is 53.1 Å². The Morgan fingerprint density at radius 1 is 1.17 bits per heavy atom. The van der Waals surface area contributed by atoms with Crippen molar-refractivity contribution >= 4 is 0 Å². The third-order valence-corrected chi connectivity index (χ3v) is 4.18. The Morgan fingerprint density at radius 3 is 2.96 bits per heavy atom.